The SMILES string of the molecule is CCCCNC(=O)C(Cc1ccccc1)N(Cc1ccccc1F)C(=O)CN(c1ccc2c(c1)OCCO2)S(=O)(=O)CC. The number of nitrogens with one attached hydrogen (secondary N) is 1. The summed E-state index contributed by atoms with van der Waals surface area (Å²) in [6.45, 7) is 3.75. The average molecular weight is 612 g/mol. The van der Waals surface area contributed by atoms with Crippen molar-refractivity contribution in [1.82, 2.24) is 10.2 Å². The van der Waals surface area contributed by atoms with Gasteiger partial charge < -0.3 is 19.7 Å². The number of ether oxygens (including phenoxy) is 2. The summed E-state index contributed by atoms with van der Waals surface area (Å²) in [5, 5.41) is 2.91. The number of hydrogen-bond donors (Lipinski definition) is 1. The van der Waals surface area contributed by atoms with Gasteiger partial charge in [-0.3, -0.25) is 13.9 Å². The molecular formula is C32H38FN3O6S. The lowest BCUT2D eigenvalue weighted by atomic mass is 10.0. The molecule has 0 aromatic heterocycles. The zero-order valence-electron chi connectivity index (χ0n) is 24.5. The zero-order valence-corrected chi connectivity index (χ0v) is 25.3. The Hall–Kier alpha value is -4.12. The summed E-state index contributed by atoms with van der Waals surface area (Å²) >= 11 is 0. The molecule has 1 N–H and O–H groups in total. The van der Waals surface area contributed by atoms with Crippen molar-refractivity contribution in [3.05, 3.63) is 89.7 Å². The molecule has 230 valence electrons. The predicted molar refractivity (Wildman–Crippen MR) is 163 cm³/mol. The van der Waals surface area contributed by atoms with Crippen LogP contribution in [0.15, 0.2) is 72.8 Å². The van der Waals surface area contributed by atoms with Crippen LogP contribution in [0.2, 0.25) is 0 Å². The highest BCUT2D eigenvalue weighted by Crippen LogP contribution is 2.35. The maximum Gasteiger partial charge on any atom is 0.244 e. The van der Waals surface area contributed by atoms with Gasteiger partial charge in [-0.15, -0.1) is 0 Å². The number of sulfonamides is 1. The van der Waals surface area contributed by atoms with E-state index < -0.39 is 40.2 Å². The third-order valence-electron chi connectivity index (χ3n) is 7.19. The molecule has 1 unspecified atom stereocenters. The molecule has 1 aliphatic rings. The Morgan fingerprint density at radius 2 is 1.65 bits per heavy atom. The molecule has 0 spiro atoms. The quantitative estimate of drug-likeness (QED) is 0.273. The second-order valence-electron chi connectivity index (χ2n) is 10.2. The van der Waals surface area contributed by atoms with Crippen molar-refractivity contribution < 1.29 is 31.9 Å². The highest BCUT2D eigenvalue weighted by atomic mass is 32.2. The van der Waals surface area contributed by atoms with Gasteiger partial charge in [-0.05, 0) is 37.1 Å². The van der Waals surface area contributed by atoms with E-state index in [1.54, 1.807) is 30.3 Å². The number of anilines is 1. The Morgan fingerprint density at radius 1 is 0.953 bits per heavy atom. The fourth-order valence-electron chi connectivity index (χ4n) is 4.78. The first kappa shape index (κ1) is 31.8. The molecule has 0 saturated carbocycles. The summed E-state index contributed by atoms with van der Waals surface area (Å²) in [6.07, 6.45) is 1.77. The molecule has 3 aromatic rings. The van der Waals surface area contributed by atoms with Crippen molar-refractivity contribution in [1.29, 1.82) is 0 Å². The van der Waals surface area contributed by atoms with Crippen LogP contribution in [0.5, 0.6) is 11.5 Å². The van der Waals surface area contributed by atoms with Crippen LogP contribution in [0.4, 0.5) is 10.1 Å². The van der Waals surface area contributed by atoms with Gasteiger partial charge in [0, 0.05) is 31.1 Å². The smallest absolute Gasteiger partial charge is 0.244 e. The summed E-state index contributed by atoms with van der Waals surface area (Å²) in [4.78, 5) is 29.2. The van der Waals surface area contributed by atoms with Crippen molar-refractivity contribution in [3.8, 4) is 11.5 Å². The van der Waals surface area contributed by atoms with Gasteiger partial charge in [0.25, 0.3) is 0 Å². The van der Waals surface area contributed by atoms with Gasteiger partial charge in [-0.1, -0.05) is 61.9 Å². The van der Waals surface area contributed by atoms with Crippen LogP contribution in [-0.2, 0) is 32.6 Å². The number of nitrogens with zero attached hydrogens (tertiary/aromatic N) is 2. The first-order valence-electron chi connectivity index (χ1n) is 14.5. The highest BCUT2D eigenvalue weighted by Gasteiger charge is 2.34. The second kappa shape index (κ2) is 14.9. The number of carbonyl (C=O) groups is 2. The number of hydrogen-bond acceptors (Lipinski definition) is 6. The lowest BCUT2D eigenvalue weighted by Gasteiger charge is -2.34. The number of halogens is 1. The summed E-state index contributed by atoms with van der Waals surface area (Å²) < 4.78 is 53.9. The molecule has 0 fully saturated rings. The molecule has 9 nitrogen and oxygen atoms in total. The third kappa shape index (κ3) is 8.25. The molecule has 0 aliphatic carbocycles. The lowest BCUT2D eigenvalue weighted by molar-refractivity contribution is -0.140. The number of benzene rings is 3. The van der Waals surface area contributed by atoms with Crippen molar-refractivity contribution in [2.75, 3.05) is 36.4 Å². The largest absolute Gasteiger partial charge is 0.486 e. The number of unbranched alkanes of at least 4 members (excludes halogenated alkanes) is 1. The maximum absolute atomic E-state index is 14.9. The molecule has 0 bridgehead atoms. The van der Waals surface area contributed by atoms with Crippen LogP contribution in [0.3, 0.4) is 0 Å². The first-order chi connectivity index (χ1) is 20.7. The molecule has 0 radical (unpaired) electrons. The molecule has 11 heteroatoms. The van der Waals surface area contributed by atoms with Gasteiger partial charge >= 0.3 is 0 Å². The van der Waals surface area contributed by atoms with E-state index in [1.807, 2.05) is 37.3 Å². The van der Waals surface area contributed by atoms with Crippen molar-refractivity contribution in [2.24, 2.45) is 0 Å². The molecule has 3 aromatic carbocycles. The number of fused-ring (bicyclic) bond motifs is 1. The second-order valence-corrected chi connectivity index (χ2v) is 12.4. The van der Waals surface area contributed by atoms with Crippen LogP contribution >= 0.6 is 0 Å². The van der Waals surface area contributed by atoms with Crippen molar-refractivity contribution in [3.63, 3.8) is 0 Å². The van der Waals surface area contributed by atoms with Crippen molar-refractivity contribution in [2.45, 2.75) is 45.7 Å². The van der Waals surface area contributed by atoms with Gasteiger partial charge in [0.1, 0.15) is 31.6 Å². The standard InChI is InChI=1S/C32H38FN3O6S/c1-3-5-17-34-32(38)28(20-24-11-7-6-8-12-24)35(22-25-13-9-10-14-27(25)33)31(37)23-36(43(39,40)4-2)26-15-16-29-30(21-26)42-19-18-41-29/h6-16,21,28H,3-5,17-20,22-23H2,1-2H3,(H,34,38). The van der Waals surface area contributed by atoms with Crippen LogP contribution < -0.4 is 19.1 Å². The van der Waals surface area contributed by atoms with E-state index in [1.165, 1.54) is 24.0 Å². The third-order valence-corrected chi connectivity index (χ3v) is 8.93. The molecule has 1 aliphatic heterocycles. The van der Waals surface area contributed by atoms with E-state index in [2.05, 4.69) is 5.32 Å². The van der Waals surface area contributed by atoms with Gasteiger partial charge in [0.2, 0.25) is 21.8 Å². The summed E-state index contributed by atoms with van der Waals surface area (Å²) in [5.41, 5.74) is 1.23. The Labute approximate surface area is 252 Å². The first-order valence-corrected chi connectivity index (χ1v) is 16.1. The highest BCUT2D eigenvalue weighted by molar-refractivity contribution is 7.92. The van der Waals surface area contributed by atoms with E-state index in [0.29, 0.717) is 31.3 Å². The Balaban J connectivity index is 1.74. The number of amides is 2. The minimum absolute atomic E-state index is 0.156. The lowest BCUT2D eigenvalue weighted by Crippen LogP contribution is -2.53. The molecule has 2 amide bonds. The minimum Gasteiger partial charge on any atom is -0.486 e. The Kier molecular flexibility index (Phi) is 11.0. The predicted octanol–water partition coefficient (Wildman–Crippen LogP) is 4.31. The van der Waals surface area contributed by atoms with E-state index in [4.69, 9.17) is 9.47 Å². The summed E-state index contributed by atoms with van der Waals surface area (Å²) in [5.74, 6) is -1.01. The van der Waals surface area contributed by atoms with Crippen LogP contribution in [0.1, 0.15) is 37.8 Å². The Morgan fingerprint density at radius 3 is 2.35 bits per heavy atom. The van der Waals surface area contributed by atoms with Crippen LogP contribution in [0, 0.1) is 5.82 Å². The average Bonchev–Trinajstić information content (AvgIpc) is 3.02. The van der Waals surface area contributed by atoms with E-state index >= 15 is 0 Å². The van der Waals surface area contributed by atoms with Crippen LogP contribution in [0.25, 0.3) is 0 Å². The molecule has 0 saturated heterocycles. The monoisotopic (exact) mass is 611 g/mol. The van der Waals surface area contributed by atoms with Gasteiger partial charge in [0.05, 0.1) is 11.4 Å². The van der Waals surface area contributed by atoms with Gasteiger partial charge in [0.15, 0.2) is 11.5 Å². The molecule has 4 rings (SSSR count). The fourth-order valence-corrected chi connectivity index (χ4v) is 5.83. The Bertz CT molecular complexity index is 1500. The fraction of sp³-hybridized carbons (Fsp3) is 0.375. The van der Waals surface area contributed by atoms with E-state index in [9.17, 15) is 22.4 Å². The molecule has 43 heavy (non-hydrogen) atoms. The maximum atomic E-state index is 14.9. The minimum atomic E-state index is -3.96. The van der Waals surface area contributed by atoms with Crippen LogP contribution in [-0.4, -0.2) is 63.2 Å². The molecule has 1 atom stereocenters. The van der Waals surface area contributed by atoms with Gasteiger partial charge in [-0.25, -0.2) is 12.8 Å². The van der Waals surface area contributed by atoms with Gasteiger partial charge in [-0.2, -0.15) is 0 Å². The van der Waals surface area contributed by atoms with E-state index in [0.717, 1.165) is 22.7 Å². The van der Waals surface area contributed by atoms with E-state index in [-0.39, 0.29) is 30.0 Å². The number of carbonyl (C=O) groups excluding carboxylic acids is 2. The normalized spacial score (nSPS) is 13.2. The zero-order chi connectivity index (χ0) is 30.8. The molecular weight excluding hydrogens is 573 g/mol. The number of rotatable bonds is 14. The van der Waals surface area contributed by atoms with Crippen molar-refractivity contribution >= 4 is 27.5 Å². The summed E-state index contributed by atoms with van der Waals surface area (Å²) in [6, 6.07) is 18.9. The molecule has 1 heterocycles. The topological polar surface area (TPSA) is 105 Å². The summed E-state index contributed by atoms with van der Waals surface area (Å²) in [7, 11) is -3.96.